The highest BCUT2D eigenvalue weighted by molar-refractivity contribution is 4.87. The van der Waals surface area contributed by atoms with Crippen molar-refractivity contribution in [2.75, 3.05) is 26.4 Å². The van der Waals surface area contributed by atoms with Crippen LogP contribution >= 0.6 is 0 Å². The van der Waals surface area contributed by atoms with Crippen LogP contribution in [-0.4, -0.2) is 31.5 Å². The van der Waals surface area contributed by atoms with Gasteiger partial charge in [0, 0.05) is 17.9 Å². The molecule has 1 rings (SSSR count). The van der Waals surface area contributed by atoms with Crippen molar-refractivity contribution < 1.29 is 9.84 Å². The maximum absolute atomic E-state index is 8.89. The lowest BCUT2D eigenvalue weighted by Crippen LogP contribution is -2.49. The molecular weight excluding hydrogens is 130 g/mol. The fourth-order valence-electron chi connectivity index (χ4n) is 1.24. The highest BCUT2D eigenvalue weighted by atomic mass is 16.5. The van der Waals surface area contributed by atoms with Crippen LogP contribution in [0.2, 0.25) is 0 Å². The lowest BCUT2D eigenvalue weighted by Gasteiger charge is -2.43. The molecule has 0 aromatic carbocycles. The standard InChI is InChI=1S/C7H15NO2/c1-7(4-10-5-7)6(2-8)3-9/h6,9H,2-5,8H2,1H3. The van der Waals surface area contributed by atoms with Crippen LogP contribution in [0.1, 0.15) is 6.92 Å². The number of ether oxygens (including phenoxy) is 1. The summed E-state index contributed by atoms with van der Waals surface area (Å²) in [5, 5.41) is 8.89. The van der Waals surface area contributed by atoms with Gasteiger partial charge in [-0.3, -0.25) is 0 Å². The Morgan fingerprint density at radius 2 is 2.30 bits per heavy atom. The second-order valence-electron chi connectivity index (χ2n) is 3.26. The minimum Gasteiger partial charge on any atom is -0.396 e. The molecule has 0 aromatic heterocycles. The summed E-state index contributed by atoms with van der Waals surface area (Å²) in [6, 6.07) is 0. The van der Waals surface area contributed by atoms with Crippen molar-refractivity contribution in [1.29, 1.82) is 0 Å². The first-order chi connectivity index (χ1) is 4.73. The molecule has 1 aliphatic heterocycles. The molecule has 0 radical (unpaired) electrons. The minimum atomic E-state index is 0.142. The van der Waals surface area contributed by atoms with Crippen LogP contribution < -0.4 is 5.73 Å². The van der Waals surface area contributed by atoms with E-state index < -0.39 is 0 Å². The molecule has 0 amide bonds. The van der Waals surface area contributed by atoms with Gasteiger partial charge in [-0.1, -0.05) is 6.92 Å². The highest BCUT2D eigenvalue weighted by Gasteiger charge is 2.39. The fraction of sp³-hybridized carbons (Fsp3) is 1.00. The number of aliphatic hydroxyl groups is 1. The van der Waals surface area contributed by atoms with E-state index in [1.54, 1.807) is 0 Å². The molecule has 3 heteroatoms. The van der Waals surface area contributed by atoms with Crippen molar-refractivity contribution in [3.05, 3.63) is 0 Å². The zero-order chi connectivity index (χ0) is 7.61. The third-order valence-corrected chi connectivity index (χ3v) is 2.35. The van der Waals surface area contributed by atoms with Crippen LogP contribution in [-0.2, 0) is 4.74 Å². The van der Waals surface area contributed by atoms with Crippen molar-refractivity contribution in [3.63, 3.8) is 0 Å². The van der Waals surface area contributed by atoms with Crippen molar-refractivity contribution in [3.8, 4) is 0 Å². The van der Waals surface area contributed by atoms with E-state index in [0.29, 0.717) is 6.54 Å². The van der Waals surface area contributed by atoms with Gasteiger partial charge < -0.3 is 15.6 Å². The van der Waals surface area contributed by atoms with Crippen molar-refractivity contribution in [1.82, 2.24) is 0 Å². The van der Waals surface area contributed by atoms with Gasteiger partial charge in [-0.2, -0.15) is 0 Å². The lowest BCUT2D eigenvalue weighted by atomic mass is 9.76. The second-order valence-corrected chi connectivity index (χ2v) is 3.26. The van der Waals surface area contributed by atoms with Gasteiger partial charge >= 0.3 is 0 Å². The van der Waals surface area contributed by atoms with E-state index in [1.807, 2.05) is 0 Å². The van der Waals surface area contributed by atoms with E-state index in [0.717, 1.165) is 13.2 Å². The van der Waals surface area contributed by atoms with Crippen molar-refractivity contribution in [2.24, 2.45) is 17.1 Å². The summed E-state index contributed by atoms with van der Waals surface area (Å²) in [7, 11) is 0. The van der Waals surface area contributed by atoms with Crippen molar-refractivity contribution in [2.45, 2.75) is 6.92 Å². The Labute approximate surface area is 61.2 Å². The van der Waals surface area contributed by atoms with Gasteiger partial charge in [-0.25, -0.2) is 0 Å². The predicted octanol–water partition coefficient (Wildman–Crippen LogP) is -0.410. The maximum atomic E-state index is 8.89. The first kappa shape index (κ1) is 7.98. The molecule has 0 aliphatic carbocycles. The molecule has 0 aromatic rings. The minimum absolute atomic E-state index is 0.142. The number of hydrogen-bond acceptors (Lipinski definition) is 3. The first-order valence-corrected chi connectivity index (χ1v) is 3.61. The molecule has 0 spiro atoms. The summed E-state index contributed by atoms with van der Waals surface area (Å²) in [6.07, 6.45) is 0. The molecule has 10 heavy (non-hydrogen) atoms. The average molecular weight is 145 g/mol. The maximum Gasteiger partial charge on any atom is 0.0546 e. The Morgan fingerprint density at radius 3 is 2.40 bits per heavy atom. The Balaban J connectivity index is 2.43. The third-order valence-electron chi connectivity index (χ3n) is 2.35. The van der Waals surface area contributed by atoms with Crippen LogP contribution in [0.25, 0.3) is 0 Å². The molecule has 60 valence electrons. The van der Waals surface area contributed by atoms with Gasteiger partial charge in [0.25, 0.3) is 0 Å². The number of rotatable bonds is 3. The van der Waals surface area contributed by atoms with Crippen molar-refractivity contribution >= 4 is 0 Å². The molecule has 0 bridgehead atoms. The van der Waals surface area contributed by atoms with E-state index in [2.05, 4.69) is 6.92 Å². The Hall–Kier alpha value is -0.120. The molecule has 1 atom stereocenters. The highest BCUT2D eigenvalue weighted by Crippen LogP contribution is 2.34. The molecule has 1 saturated heterocycles. The van der Waals surface area contributed by atoms with Gasteiger partial charge in [-0.15, -0.1) is 0 Å². The van der Waals surface area contributed by atoms with Gasteiger partial charge in [0.1, 0.15) is 0 Å². The van der Waals surface area contributed by atoms with Gasteiger partial charge in [0.2, 0.25) is 0 Å². The quantitative estimate of drug-likeness (QED) is 0.567. The van der Waals surface area contributed by atoms with Crippen LogP contribution in [0.5, 0.6) is 0 Å². The Kier molecular flexibility index (Phi) is 2.28. The van der Waals surface area contributed by atoms with Crippen LogP contribution in [0.4, 0.5) is 0 Å². The second kappa shape index (κ2) is 2.86. The van der Waals surface area contributed by atoms with Gasteiger partial charge in [0.15, 0.2) is 0 Å². The first-order valence-electron chi connectivity index (χ1n) is 3.61. The molecule has 3 N–H and O–H groups in total. The average Bonchev–Trinajstić information content (AvgIpc) is 1.87. The fourth-order valence-corrected chi connectivity index (χ4v) is 1.24. The SMILES string of the molecule is CC1(C(CN)CO)COC1. The lowest BCUT2D eigenvalue weighted by molar-refractivity contribution is -0.140. The Morgan fingerprint density at radius 1 is 1.70 bits per heavy atom. The predicted molar refractivity (Wildman–Crippen MR) is 38.6 cm³/mol. The van der Waals surface area contributed by atoms with Crippen LogP contribution in [0.15, 0.2) is 0 Å². The summed E-state index contributed by atoms with van der Waals surface area (Å²) in [5.74, 6) is 0.209. The van der Waals surface area contributed by atoms with Crippen LogP contribution in [0, 0.1) is 11.3 Å². The van der Waals surface area contributed by atoms with E-state index in [1.165, 1.54) is 0 Å². The molecule has 0 saturated carbocycles. The van der Waals surface area contributed by atoms with Crippen LogP contribution in [0.3, 0.4) is 0 Å². The van der Waals surface area contributed by atoms with E-state index >= 15 is 0 Å². The van der Waals surface area contributed by atoms with Gasteiger partial charge in [0.05, 0.1) is 13.2 Å². The van der Waals surface area contributed by atoms with E-state index in [-0.39, 0.29) is 17.9 Å². The molecule has 3 nitrogen and oxygen atoms in total. The Bertz CT molecular complexity index is 108. The number of aliphatic hydroxyl groups excluding tert-OH is 1. The smallest absolute Gasteiger partial charge is 0.0546 e. The summed E-state index contributed by atoms with van der Waals surface area (Å²) >= 11 is 0. The van der Waals surface area contributed by atoms with E-state index in [4.69, 9.17) is 15.6 Å². The molecule has 1 fully saturated rings. The normalized spacial score (nSPS) is 25.5. The summed E-state index contributed by atoms with van der Waals surface area (Å²) < 4.78 is 5.06. The number of nitrogens with two attached hydrogens (primary N) is 1. The molecule has 1 unspecified atom stereocenters. The zero-order valence-electron chi connectivity index (χ0n) is 6.34. The monoisotopic (exact) mass is 145 g/mol. The topological polar surface area (TPSA) is 55.5 Å². The third kappa shape index (κ3) is 1.17. The summed E-state index contributed by atoms with van der Waals surface area (Å²) in [6.45, 7) is 4.32. The summed E-state index contributed by atoms with van der Waals surface area (Å²) in [4.78, 5) is 0. The van der Waals surface area contributed by atoms with E-state index in [9.17, 15) is 0 Å². The summed E-state index contributed by atoms with van der Waals surface area (Å²) in [5.41, 5.74) is 5.61. The number of hydrogen-bond donors (Lipinski definition) is 2. The molecule has 1 aliphatic rings. The zero-order valence-corrected chi connectivity index (χ0v) is 6.34. The van der Waals surface area contributed by atoms with Gasteiger partial charge in [-0.05, 0) is 6.54 Å². The largest absolute Gasteiger partial charge is 0.396 e. The molecule has 1 heterocycles. The molecular formula is C7H15NO2.